The summed E-state index contributed by atoms with van der Waals surface area (Å²) >= 11 is 0. The van der Waals surface area contributed by atoms with E-state index in [1.807, 2.05) is 0 Å². The molecule has 0 aliphatic carbocycles. The van der Waals surface area contributed by atoms with Gasteiger partial charge in [-0.2, -0.15) is 8.42 Å². The minimum absolute atomic E-state index is 0.250. The van der Waals surface area contributed by atoms with Gasteiger partial charge in [0.25, 0.3) is 10.1 Å². The van der Waals surface area contributed by atoms with Gasteiger partial charge in [0.15, 0.2) is 6.61 Å². The molecule has 0 saturated carbocycles. The molecule has 0 aromatic heterocycles. The van der Waals surface area contributed by atoms with Crippen molar-refractivity contribution >= 4 is 16.1 Å². The van der Waals surface area contributed by atoms with E-state index in [-0.39, 0.29) is 12.2 Å². The number of carbonyl (C=O) groups is 1. The molecule has 5 nitrogen and oxygen atoms in total. The predicted molar refractivity (Wildman–Crippen MR) is 55.4 cm³/mol. The summed E-state index contributed by atoms with van der Waals surface area (Å²) in [5, 5.41) is 0. The van der Waals surface area contributed by atoms with Gasteiger partial charge < -0.3 is 4.74 Å². The molecule has 1 rings (SSSR count). The van der Waals surface area contributed by atoms with Crippen LogP contribution in [0.1, 0.15) is 10.4 Å². The lowest BCUT2D eigenvalue weighted by Crippen LogP contribution is -2.11. The smallest absolute Gasteiger partial charge is 0.340 e. The highest BCUT2D eigenvalue weighted by Crippen LogP contribution is 2.15. The third kappa shape index (κ3) is 2.82. The number of terminal acetylenes is 1. The number of ether oxygens (including phenoxy) is 1. The second kappa shape index (κ2) is 4.79. The van der Waals surface area contributed by atoms with Crippen LogP contribution in [0, 0.1) is 12.3 Å². The fourth-order valence-corrected chi connectivity index (χ4v) is 1.72. The fraction of sp³-hybridized carbons (Fsp3) is 0.100. The van der Waals surface area contributed by atoms with Crippen LogP contribution in [-0.2, 0) is 14.9 Å². The van der Waals surface area contributed by atoms with Crippen molar-refractivity contribution in [3.63, 3.8) is 0 Å². The number of hydrogen-bond acceptors (Lipinski definition) is 4. The molecule has 0 aliphatic heterocycles. The summed E-state index contributed by atoms with van der Waals surface area (Å²) in [5.41, 5.74) is -0.250. The predicted octanol–water partition coefficient (Wildman–Crippen LogP) is 0.723. The van der Waals surface area contributed by atoms with E-state index in [2.05, 4.69) is 10.7 Å². The maximum atomic E-state index is 11.4. The summed E-state index contributed by atoms with van der Waals surface area (Å²) in [7, 11) is -4.46. The number of benzene rings is 1. The number of rotatable bonds is 3. The van der Waals surface area contributed by atoms with E-state index in [4.69, 9.17) is 11.0 Å². The van der Waals surface area contributed by atoms with Crippen LogP contribution >= 0.6 is 0 Å². The molecule has 0 fully saturated rings. The van der Waals surface area contributed by atoms with Crippen LogP contribution in [0.4, 0.5) is 0 Å². The summed E-state index contributed by atoms with van der Waals surface area (Å²) in [5.74, 6) is 1.17. The Balaban J connectivity index is 3.15. The fourth-order valence-electron chi connectivity index (χ4n) is 1.05. The number of hydrogen-bond donors (Lipinski definition) is 1. The molecule has 6 heteroatoms. The van der Waals surface area contributed by atoms with Gasteiger partial charge in [-0.1, -0.05) is 18.1 Å². The molecule has 1 aromatic rings. The average Bonchev–Trinajstić information content (AvgIpc) is 2.24. The first-order valence-electron chi connectivity index (χ1n) is 4.14. The van der Waals surface area contributed by atoms with Gasteiger partial charge in [0.1, 0.15) is 4.90 Å². The van der Waals surface area contributed by atoms with Crippen LogP contribution in [0.2, 0.25) is 0 Å². The summed E-state index contributed by atoms with van der Waals surface area (Å²) in [6.45, 7) is -0.265. The van der Waals surface area contributed by atoms with Gasteiger partial charge in [-0.3, -0.25) is 4.55 Å². The third-order valence-corrected chi connectivity index (χ3v) is 2.58. The van der Waals surface area contributed by atoms with Crippen molar-refractivity contribution in [3.8, 4) is 12.3 Å². The Morgan fingerprint density at radius 3 is 2.62 bits per heavy atom. The Kier molecular flexibility index (Phi) is 3.66. The quantitative estimate of drug-likeness (QED) is 0.478. The first kappa shape index (κ1) is 12.2. The van der Waals surface area contributed by atoms with Gasteiger partial charge >= 0.3 is 5.97 Å². The average molecular weight is 240 g/mol. The second-order valence-corrected chi connectivity index (χ2v) is 4.14. The van der Waals surface area contributed by atoms with Crippen LogP contribution in [0.25, 0.3) is 0 Å². The van der Waals surface area contributed by atoms with E-state index in [0.717, 1.165) is 6.07 Å². The van der Waals surface area contributed by atoms with E-state index < -0.39 is 21.0 Å². The van der Waals surface area contributed by atoms with Gasteiger partial charge in [-0.05, 0) is 12.1 Å². The molecule has 0 spiro atoms. The Labute approximate surface area is 92.8 Å². The van der Waals surface area contributed by atoms with E-state index in [9.17, 15) is 13.2 Å². The second-order valence-electron chi connectivity index (χ2n) is 2.75. The zero-order chi connectivity index (χ0) is 12.2. The molecule has 0 aliphatic rings. The van der Waals surface area contributed by atoms with Gasteiger partial charge in [-0.25, -0.2) is 4.79 Å². The van der Waals surface area contributed by atoms with Crippen LogP contribution in [0.5, 0.6) is 0 Å². The Morgan fingerprint density at radius 1 is 1.44 bits per heavy atom. The van der Waals surface area contributed by atoms with Crippen LogP contribution in [0.15, 0.2) is 29.2 Å². The number of esters is 1. The molecule has 84 valence electrons. The number of carbonyl (C=O) groups excluding carboxylic acids is 1. The van der Waals surface area contributed by atoms with Crippen LogP contribution < -0.4 is 0 Å². The molecule has 0 unspecified atom stereocenters. The van der Waals surface area contributed by atoms with E-state index >= 15 is 0 Å². The first-order valence-corrected chi connectivity index (χ1v) is 5.58. The Morgan fingerprint density at radius 2 is 2.06 bits per heavy atom. The van der Waals surface area contributed by atoms with Gasteiger partial charge in [-0.15, -0.1) is 6.42 Å². The Hall–Kier alpha value is -1.84. The lowest BCUT2D eigenvalue weighted by Gasteiger charge is -2.05. The lowest BCUT2D eigenvalue weighted by atomic mass is 10.2. The molecule has 1 aromatic carbocycles. The van der Waals surface area contributed by atoms with Crippen molar-refractivity contribution in [1.29, 1.82) is 0 Å². The summed E-state index contributed by atoms with van der Waals surface area (Å²) < 4.78 is 35.3. The summed E-state index contributed by atoms with van der Waals surface area (Å²) in [6.07, 6.45) is 4.88. The highest BCUT2D eigenvalue weighted by atomic mass is 32.2. The van der Waals surface area contributed by atoms with Gasteiger partial charge in [0.05, 0.1) is 5.56 Å². The minimum atomic E-state index is -4.46. The zero-order valence-corrected chi connectivity index (χ0v) is 8.90. The monoisotopic (exact) mass is 240 g/mol. The Bertz CT molecular complexity index is 539. The lowest BCUT2D eigenvalue weighted by molar-refractivity contribution is 0.0552. The maximum absolute atomic E-state index is 11.4. The molecule has 0 amide bonds. The molecule has 0 heterocycles. The SMILES string of the molecule is C#CCOC(=O)c1ccccc1S(=O)(=O)O. The highest BCUT2D eigenvalue weighted by molar-refractivity contribution is 7.86. The molecule has 16 heavy (non-hydrogen) atoms. The molecular weight excluding hydrogens is 232 g/mol. The summed E-state index contributed by atoms with van der Waals surface area (Å²) in [4.78, 5) is 10.9. The largest absolute Gasteiger partial charge is 0.449 e. The van der Waals surface area contributed by atoms with Crippen LogP contribution in [0.3, 0.4) is 0 Å². The third-order valence-electron chi connectivity index (χ3n) is 1.67. The summed E-state index contributed by atoms with van der Waals surface area (Å²) in [6, 6.07) is 5.14. The van der Waals surface area contributed by atoms with Crippen molar-refractivity contribution in [2.75, 3.05) is 6.61 Å². The van der Waals surface area contributed by atoms with Crippen molar-refractivity contribution in [2.24, 2.45) is 0 Å². The van der Waals surface area contributed by atoms with E-state index in [1.165, 1.54) is 18.2 Å². The molecule has 0 atom stereocenters. The first-order chi connectivity index (χ1) is 7.46. The molecule has 0 bridgehead atoms. The minimum Gasteiger partial charge on any atom is -0.449 e. The topological polar surface area (TPSA) is 80.7 Å². The standard InChI is InChI=1S/C10H8O5S/c1-2-7-15-10(11)8-5-3-4-6-9(8)16(12,13)14/h1,3-6H,7H2,(H,12,13,14). The molecule has 0 saturated heterocycles. The molecule has 1 N–H and O–H groups in total. The highest BCUT2D eigenvalue weighted by Gasteiger charge is 2.20. The van der Waals surface area contributed by atoms with Crippen molar-refractivity contribution in [3.05, 3.63) is 29.8 Å². The molecular formula is C10H8O5S. The maximum Gasteiger partial charge on any atom is 0.340 e. The van der Waals surface area contributed by atoms with Crippen molar-refractivity contribution < 1.29 is 22.5 Å². The van der Waals surface area contributed by atoms with Gasteiger partial charge in [0.2, 0.25) is 0 Å². The van der Waals surface area contributed by atoms with Crippen molar-refractivity contribution in [1.82, 2.24) is 0 Å². The van der Waals surface area contributed by atoms with E-state index in [1.54, 1.807) is 0 Å². The normalized spacial score (nSPS) is 10.5. The molecule has 0 radical (unpaired) electrons. The van der Waals surface area contributed by atoms with Crippen LogP contribution in [-0.4, -0.2) is 25.5 Å². The van der Waals surface area contributed by atoms with Crippen molar-refractivity contribution in [2.45, 2.75) is 4.90 Å². The zero-order valence-electron chi connectivity index (χ0n) is 8.08. The van der Waals surface area contributed by atoms with Gasteiger partial charge in [0, 0.05) is 0 Å². The van der Waals surface area contributed by atoms with E-state index in [0.29, 0.717) is 0 Å².